The van der Waals surface area contributed by atoms with E-state index in [2.05, 4.69) is 9.89 Å². The second-order valence-corrected chi connectivity index (χ2v) is 4.68. The number of imide groups is 1. The maximum atomic E-state index is 12.5. The van der Waals surface area contributed by atoms with Gasteiger partial charge in [0, 0.05) is 0 Å². The Labute approximate surface area is 125 Å². The van der Waals surface area contributed by atoms with Crippen LogP contribution in [0, 0.1) is 5.92 Å². The van der Waals surface area contributed by atoms with E-state index in [-0.39, 0.29) is 5.71 Å². The fourth-order valence-electron chi connectivity index (χ4n) is 2.44. The monoisotopic (exact) mass is 304 g/mol. The fourth-order valence-corrected chi connectivity index (χ4v) is 2.44. The van der Waals surface area contributed by atoms with Gasteiger partial charge in [-0.25, -0.2) is 9.69 Å². The van der Waals surface area contributed by atoms with E-state index in [1.165, 1.54) is 14.2 Å². The largest absolute Gasteiger partial charge is 0.497 e. The molecule has 0 spiro atoms. The Balaban J connectivity index is 1.92. The Bertz CT molecular complexity index is 681. The third-order valence-corrected chi connectivity index (χ3v) is 3.54. The van der Waals surface area contributed by atoms with Crippen LogP contribution in [-0.4, -0.2) is 43.8 Å². The Morgan fingerprint density at radius 3 is 2.45 bits per heavy atom. The van der Waals surface area contributed by atoms with Crippen molar-refractivity contribution in [1.29, 1.82) is 0 Å². The lowest BCUT2D eigenvalue weighted by atomic mass is 10.00. The average molecular weight is 304 g/mol. The fraction of sp³-hybridized carbons (Fsp3) is 0.286. The summed E-state index contributed by atoms with van der Waals surface area (Å²) >= 11 is 0. The number of benzene rings is 1. The molecule has 0 unspecified atom stereocenters. The third kappa shape index (κ3) is 1.92. The molecule has 1 fully saturated rings. The van der Waals surface area contributed by atoms with Gasteiger partial charge >= 0.3 is 5.97 Å². The smallest absolute Gasteiger partial charge is 0.356 e. The van der Waals surface area contributed by atoms with Gasteiger partial charge in [0.15, 0.2) is 5.71 Å². The Morgan fingerprint density at radius 1 is 1.18 bits per heavy atom. The van der Waals surface area contributed by atoms with Gasteiger partial charge in [-0.1, -0.05) is 5.16 Å². The van der Waals surface area contributed by atoms with E-state index in [0.717, 1.165) is 4.90 Å². The lowest BCUT2D eigenvalue weighted by molar-refractivity contribution is -0.133. The van der Waals surface area contributed by atoms with Crippen LogP contribution < -0.4 is 9.64 Å². The minimum atomic E-state index is -1.12. The van der Waals surface area contributed by atoms with E-state index in [1.54, 1.807) is 24.3 Å². The number of hydrogen-bond acceptors (Lipinski definition) is 7. The van der Waals surface area contributed by atoms with Crippen molar-refractivity contribution in [3.63, 3.8) is 0 Å². The average Bonchev–Trinajstić information content (AvgIpc) is 3.08. The summed E-state index contributed by atoms with van der Waals surface area (Å²) in [5.74, 6) is -2.40. The van der Waals surface area contributed by atoms with Crippen LogP contribution in [0.3, 0.4) is 0 Å². The predicted molar refractivity (Wildman–Crippen MR) is 73.3 cm³/mol. The molecule has 1 aromatic carbocycles. The molecule has 2 heterocycles. The number of amides is 2. The molecule has 2 aliphatic rings. The molecule has 22 heavy (non-hydrogen) atoms. The molecule has 2 atom stereocenters. The number of carbonyl (C=O) groups is 3. The van der Waals surface area contributed by atoms with Crippen LogP contribution in [0.4, 0.5) is 5.69 Å². The zero-order chi connectivity index (χ0) is 15.9. The van der Waals surface area contributed by atoms with Crippen molar-refractivity contribution < 1.29 is 28.7 Å². The van der Waals surface area contributed by atoms with Crippen LogP contribution in [0.5, 0.6) is 5.75 Å². The molecule has 0 radical (unpaired) electrons. The standard InChI is InChI=1S/C14H12N2O6/c1-20-8-5-3-7(4-6-8)16-12(17)9-10(14(19)21-2)15-22-11(9)13(16)18/h3-6,9,11H,1-2H3/t9-,11+/m1/s1. The summed E-state index contributed by atoms with van der Waals surface area (Å²) < 4.78 is 9.58. The first-order valence-corrected chi connectivity index (χ1v) is 6.42. The van der Waals surface area contributed by atoms with Gasteiger partial charge in [-0.2, -0.15) is 0 Å². The number of hydrogen-bond donors (Lipinski definition) is 0. The van der Waals surface area contributed by atoms with Crippen molar-refractivity contribution in [2.45, 2.75) is 6.10 Å². The van der Waals surface area contributed by atoms with Crippen molar-refractivity contribution in [3.8, 4) is 5.75 Å². The minimum Gasteiger partial charge on any atom is -0.497 e. The highest BCUT2D eigenvalue weighted by molar-refractivity contribution is 6.46. The van der Waals surface area contributed by atoms with E-state index in [4.69, 9.17) is 9.57 Å². The third-order valence-electron chi connectivity index (χ3n) is 3.54. The first-order valence-electron chi connectivity index (χ1n) is 6.42. The molecule has 2 aliphatic heterocycles. The van der Waals surface area contributed by atoms with Gasteiger partial charge in [0.05, 0.1) is 19.9 Å². The van der Waals surface area contributed by atoms with Gasteiger partial charge in [-0.05, 0) is 24.3 Å². The summed E-state index contributed by atoms with van der Waals surface area (Å²) in [6.07, 6.45) is -1.12. The normalized spacial score (nSPS) is 23.0. The topological polar surface area (TPSA) is 94.5 Å². The highest BCUT2D eigenvalue weighted by atomic mass is 16.7. The molecular formula is C14H12N2O6. The molecular weight excluding hydrogens is 292 g/mol. The molecule has 1 aromatic rings. The number of oxime groups is 1. The van der Waals surface area contributed by atoms with Crippen molar-refractivity contribution in [1.82, 2.24) is 0 Å². The molecule has 8 heteroatoms. The summed E-state index contributed by atoms with van der Waals surface area (Å²) in [4.78, 5) is 42.3. The van der Waals surface area contributed by atoms with Gasteiger partial charge in [0.2, 0.25) is 12.0 Å². The van der Waals surface area contributed by atoms with Crippen molar-refractivity contribution in [2.75, 3.05) is 19.1 Å². The Morgan fingerprint density at radius 2 is 1.86 bits per heavy atom. The van der Waals surface area contributed by atoms with E-state index in [1.807, 2.05) is 0 Å². The zero-order valence-corrected chi connectivity index (χ0v) is 11.8. The van der Waals surface area contributed by atoms with Crippen molar-refractivity contribution in [3.05, 3.63) is 24.3 Å². The minimum absolute atomic E-state index is 0.193. The maximum Gasteiger partial charge on any atom is 0.356 e. The highest BCUT2D eigenvalue weighted by Gasteiger charge is 2.57. The predicted octanol–water partition coefficient (Wildman–Crippen LogP) is 0.112. The van der Waals surface area contributed by atoms with Gasteiger partial charge < -0.3 is 14.3 Å². The summed E-state index contributed by atoms with van der Waals surface area (Å²) in [6, 6.07) is 6.40. The van der Waals surface area contributed by atoms with Crippen LogP contribution in [0.25, 0.3) is 0 Å². The van der Waals surface area contributed by atoms with Crippen molar-refractivity contribution >= 4 is 29.2 Å². The molecule has 0 N–H and O–H groups in total. The molecule has 3 rings (SSSR count). The molecule has 114 valence electrons. The number of anilines is 1. The summed E-state index contributed by atoms with van der Waals surface area (Å²) in [7, 11) is 2.68. The van der Waals surface area contributed by atoms with Crippen LogP contribution in [0.1, 0.15) is 0 Å². The Kier molecular flexibility index (Phi) is 3.28. The second-order valence-electron chi connectivity index (χ2n) is 4.68. The van der Waals surface area contributed by atoms with Crippen LogP contribution in [-0.2, 0) is 24.0 Å². The second kappa shape index (κ2) is 5.14. The number of ether oxygens (including phenoxy) is 2. The van der Waals surface area contributed by atoms with Crippen LogP contribution in [0.2, 0.25) is 0 Å². The van der Waals surface area contributed by atoms with Crippen molar-refractivity contribution in [2.24, 2.45) is 11.1 Å². The summed E-state index contributed by atoms with van der Waals surface area (Å²) in [5.41, 5.74) is 0.180. The Hall–Kier alpha value is -2.90. The number of carbonyl (C=O) groups excluding carboxylic acids is 3. The molecule has 0 bridgehead atoms. The number of methoxy groups -OCH3 is 2. The number of nitrogens with zero attached hydrogens (tertiary/aromatic N) is 2. The van der Waals surface area contributed by atoms with Gasteiger partial charge in [0.25, 0.3) is 5.91 Å². The molecule has 0 aliphatic carbocycles. The van der Waals surface area contributed by atoms with Crippen LogP contribution in [0.15, 0.2) is 29.4 Å². The summed E-state index contributed by atoms with van der Waals surface area (Å²) in [5, 5.41) is 3.50. The van der Waals surface area contributed by atoms with Crippen LogP contribution >= 0.6 is 0 Å². The zero-order valence-electron chi connectivity index (χ0n) is 11.8. The van der Waals surface area contributed by atoms with Gasteiger partial charge in [0.1, 0.15) is 11.7 Å². The molecule has 2 amide bonds. The van der Waals surface area contributed by atoms with E-state index >= 15 is 0 Å². The number of esters is 1. The van der Waals surface area contributed by atoms with E-state index in [9.17, 15) is 14.4 Å². The number of rotatable bonds is 3. The van der Waals surface area contributed by atoms with E-state index in [0.29, 0.717) is 11.4 Å². The number of fused-ring (bicyclic) bond motifs is 1. The molecule has 0 saturated carbocycles. The van der Waals surface area contributed by atoms with Gasteiger partial charge in [-0.15, -0.1) is 0 Å². The lowest BCUT2D eigenvalue weighted by Crippen LogP contribution is -2.34. The first kappa shape index (κ1) is 14.1. The molecule has 0 aromatic heterocycles. The SMILES string of the molecule is COC(=O)C1=NO[C@@H]2C(=O)N(c3ccc(OC)cc3)C(=O)[C@H]12. The lowest BCUT2D eigenvalue weighted by Gasteiger charge is -2.15. The molecule has 8 nitrogen and oxygen atoms in total. The molecule has 1 saturated heterocycles. The summed E-state index contributed by atoms with van der Waals surface area (Å²) in [6.45, 7) is 0. The maximum absolute atomic E-state index is 12.5. The quantitative estimate of drug-likeness (QED) is 0.581. The first-order chi connectivity index (χ1) is 10.6. The van der Waals surface area contributed by atoms with Gasteiger partial charge in [-0.3, -0.25) is 9.59 Å². The highest BCUT2D eigenvalue weighted by Crippen LogP contribution is 2.34. The van der Waals surface area contributed by atoms with E-state index < -0.39 is 29.8 Å².